The second kappa shape index (κ2) is 5.83. The Morgan fingerprint density at radius 2 is 1.27 bits per heavy atom. The van der Waals surface area contributed by atoms with Crippen LogP contribution in [0.5, 0.6) is 0 Å². The van der Waals surface area contributed by atoms with Crippen LogP contribution in [0.15, 0.2) is 84.9 Å². The monoisotopic (exact) mass is 382 g/mol. The van der Waals surface area contributed by atoms with Gasteiger partial charge in [0.2, 0.25) is 0 Å². The smallest absolute Gasteiger partial charge is 0.0105 e. The Kier molecular flexibility index (Phi) is 3.19. The molecule has 0 aliphatic heterocycles. The molecule has 30 heavy (non-hydrogen) atoms. The number of rotatable bonds is 1. The molecule has 0 fully saturated rings. The van der Waals surface area contributed by atoms with Crippen LogP contribution in [0.25, 0.3) is 43.8 Å². The van der Waals surface area contributed by atoms with Gasteiger partial charge in [0.1, 0.15) is 0 Å². The van der Waals surface area contributed by atoms with Crippen LogP contribution in [0, 0.1) is 0 Å². The third-order valence-electron chi connectivity index (χ3n) is 7.40. The SMILES string of the molecule is CCC1c2ccc3c(c2-c2ccc4ccccc4c21)Cc1c-3ccc2ccccc12. The molecule has 1 unspecified atom stereocenters. The summed E-state index contributed by atoms with van der Waals surface area (Å²) < 4.78 is 0. The average molecular weight is 383 g/mol. The first kappa shape index (κ1) is 16.4. The molecule has 1 atom stereocenters. The molecule has 0 heterocycles. The predicted octanol–water partition coefficient (Wildman–Crippen LogP) is 8.09. The highest BCUT2D eigenvalue weighted by molar-refractivity contribution is 6.02. The number of fused-ring (bicyclic) bond motifs is 11. The summed E-state index contributed by atoms with van der Waals surface area (Å²) in [4.78, 5) is 0. The van der Waals surface area contributed by atoms with E-state index in [1.54, 1.807) is 5.56 Å². The van der Waals surface area contributed by atoms with E-state index in [9.17, 15) is 0 Å². The molecule has 0 nitrogen and oxygen atoms in total. The standard InChI is InChI=1S/C30H22/c1-2-20-25-16-15-24-23-13-11-18-7-3-5-9-21(18)27(23)17-28(24)30(25)26-14-12-19-8-4-6-10-22(19)29(20)26/h3-16,20H,2,17H2,1H3. The minimum atomic E-state index is 0.492. The second-order valence-electron chi connectivity index (χ2n) is 8.75. The number of hydrogen-bond acceptors (Lipinski definition) is 0. The van der Waals surface area contributed by atoms with Gasteiger partial charge in [-0.05, 0) is 78.9 Å². The van der Waals surface area contributed by atoms with Gasteiger partial charge in [-0.3, -0.25) is 0 Å². The van der Waals surface area contributed by atoms with E-state index in [4.69, 9.17) is 0 Å². The molecular weight excluding hydrogens is 360 g/mol. The molecule has 0 amide bonds. The fourth-order valence-electron chi connectivity index (χ4n) is 6.13. The zero-order valence-corrected chi connectivity index (χ0v) is 17.1. The topological polar surface area (TPSA) is 0 Å². The summed E-state index contributed by atoms with van der Waals surface area (Å²) in [7, 11) is 0. The van der Waals surface area contributed by atoms with E-state index in [1.807, 2.05) is 0 Å². The molecule has 142 valence electrons. The second-order valence-corrected chi connectivity index (χ2v) is 8.75. The van der Waals surface area contributed by atoms with Crippen molar-refractivity contribution < 1.29 is 0 Å². The summed E-state index contributed by atoms with van der Waals surface area (Å²) >= 11 is 0. The molecule has 5 aromatic carbocycles. The van der Waals surface area contributed by atoms with Crippen LogP contribution in [-0.4, -0.2) is 0 Å². The summed E-state index contributed by atoms with van der Waals surface area (Å²) in [6, 6.07) is 31.9. The first-order chi connectivity index (χ1) is 14.8. The molecule has 5 aromatic rings. The molecule has 2 aliphatic carbocycles. The normalized spacial score (nSPS) is 15.8. The maximum absolute atomic E-state index is 2.42. The fourth-order valence-corrected chi connectivity index (χ4v) is 6.13. The van der Waals surface area contributed by atoms with Crippen molar-refractivity contribution in [2.24, 2.45) is 0 Å². The summed E-state index contributed by atoms with van der Waals surface area (Å²) in [5.74, 6) is 0.492. The van der Waals surface area contributed by atoms with E-state index in [-0.39, 0.29) is 0 Å². The van der Waals surface area contributed by atoms with Gasteiger partial charge in [0.25, 0.3) is 0 Å². The molecule has 0 radical (unpaired) electrons. The van der Waals surface area contributed by atoms with Crippen molar-refractivity contribution in [3.8, 4) is 22.3 Å². The van der Waals surface area contributed by atoms with Crippen LogP contribution in [0.3, 0.4) is 0 Å². The third-order valence-corrected chi connectivity index (χ3v) is 7.40. The van der Waals surface area contributed by atoms with E-state index in [1.165, 1.54) is 60.5 Å². The highest BCUT2D eigenvalue weighted by Gasteiger charge is 2.34. The van der Waals surface area contributed by atoms with Crippen LogP contribution in [0.1, 0.15) is 41.5 Å². The lowest BCUT2D eigenvalue weighted by atomic mass is 9.90. The van der Waals surface area contributed by atoms with E-state index >= 15 is 0 Å². The van der Waals surface area contributed by atoms with Gasteiger partial charge in [-0.2, -0.15) is 0 Å². The summed E-state index contributed by atoms with van der Waals surface area (Å²) in [5, 5.41) is 5.53. The van der Waals surface area contributed by atoms with Crippen molar-refractivity contribution in [3.63, 3.8) is 0 Å². The Hall–Kier alpha value is -3.38. The quantitative estimate of drug-likeness (QED) is 0.269. The molecular formula is C30H22. The molecule has 0 heteroatoms. The van der Waals surface area contributed by atoms with Crippen molar-refractivity contribution >= 4 is 21.5 Å². The van der Waals surface area contributed by atoms with Crippen LogP contribution in [0.2, 0.25) is 0 Å². The van der Waals surface area contributed by atoms with Crippen LogP contribution < -0.4 is 0 Å². The molecule has 7 rings (SSSR count). The van der Waals surface area contributed by atoms with Crippen molar-refractivity contribution in [2.75, 3.05) is 0 Å². The Bertz CT molecular complexity index is 1500. The molecule has 0 N–H and O–H groups in total. The Morgan fingerprint density at radius 3 is 2.07 bits per heavy atom. The van der Waals surface area contributed by atoms with E-state index in [2.05, 4.69) is 91.9 Å². The zero-order chi connectivity index (χ0) is 19.8. The van der Waals surface area contributed by atoms with Gasteiger partial charge in [0, 0.05) is 5.92 Å². The summed E-state index contributed by atoms with van der Waals surface area (Å²) in [6.07, 6.45) is 2.18. The number of benzene rings is 5. The van der Waals surface area contributed by atoms with Crippen molar-refractivity contribution in [1.29, 1.82) is 0 Å². The van der Waals surface area contributed by atoms with Crippen molar-refractivity contribution in [2.45, 2.75) is 25.7 Å². The van der Waals surface area contributed by atoms with Crippen molar-refractivity contribution in [3.05, 3.63) is 107 Å². The highest BCUT2D eigenvalue weighted by Crippen LogP contribution is 2.54. The Morgan fingerprint density at radius 1 is 0.633 bits per heavy atom. The summed E-state index contributed by atoms with van der Waals surface area (Å²) in [6.45, 7) is 2.33. The minimum Gasteiger partial charge on any atom is -0.0645 e. The van der Waals surface area contributed by atoms with Crippen LogP contribution >= 0.6 is 0 Å². The fraction of sp³-hybridized carbons (Fsp3) is 0.133. The predicted molar refractivity (Wildman–Crippen MR) is 127 cm³/mol. The minimum absolute atomic E-state index is 0.492. The van der Waals surface area contributed by atoms with Crippen LogP contribution in [0.4, 0.5) is 0 Å². The summed E-state index contributed by atoms with van der Waals surface area (Å²) in [5.41, 5.74) is 11.9. The van der Waals surface area contributed by atoms with E-state index in [0.717, 1.165) is 12.8 Å². The van der Waals surface area contributed by atoms with E-state index < -0.39 is 0 Å². The van der Waals surface area contributed by atoms with Gasteiger partial charge < -0.3 is 0 Å². The van der Waals surface area contributed by atoms with E-state index in [0.29, 0.717) is 5.92 Å². The van der Waals surface area contributed by atoms with Gasteiger partial charge in [0.15, 0.2) is 0 Å². The van der Waals surface area contributed by atoms with Gasteiger partial charge >= 0.3 is 0 Å². The van der Waals surface area contributed by atoms with Crippen molar-refractivity contribution in [1.82, 2.24) is 0 Å². The molecule has 0 saturated heterocycles. The first-order valence-electron chi connectivity index (χ1n) is 11.0. The maximum atomic E-state index is 2.42. The average Bonchev–Trinajstić information content (AvgIpc) is 3.34. The molecule has 2 aliphatic rings. The molecule has 0 bridgehead atoms. The van der Waals surface area contributed by atoms with Crippen LogP contribution in [-0.2, 0) is 6.42 Å². The number of hydrogen-bond donors (Lipinski definition) is 0. The Balaban J connectivity index is 1.54. The van der Waals surface area contributed by atoms with Gasteiger partial charge in [-0.25, -0.2) is 0 Å². The maximum Gasteiger partial charge on any atom is 0.0105 e. The van der Waals surface area contributed by atoms with Gasteiger partial charge in [0.05, 0.1) is 0 Å². The lowest BCUT2D eigenvalue weighted by molar-refractivity contribution is 0.803. The lowest BCUT2D eigenvalue weighted by Gasteiger charge is -2.13. The third kappa shape index (κ3) is 1.96. The molecule has 0 aromatic heterocycles. The molecule has 0 spiro atoms. The van der Waals surface area contributed by atoms with Gasteiger partial charge in [-0.1, -0.05) is 91.9 Å². The van der Waals surface area contributed by atoms with Gasteiger partial charge in [-0.15, -0.1) is 0 Å². The molecule has 0 saturated carbocycles. The zero-order valence-electron chi connectivity index (χ0n) is 17.1. The Labute approximate surface area is 176 Å². The lowest BCUT2D eigenvalue weighted by Crippen LogP contribution is -1.96. The largest absolute Gasteiger partial charge is 0.0645 e. The first-order valence-corrected chi connectivity index (χ1v) is 11.0. The highest BCUT2D eigenvalue weighted by atomic mass is 14.4.